The minimum Gasteiger partial charge on any atom is -0.345 e. The summed E-state index contributed by atoms with van der Waals surface area (Å²) in [6, 6.07) is 7.71. The molecule has 0 aliphatic carbocycles. The monoisotopic (exact) mass is 265 g/mol. The Hall–Kier alpha value is -1.09. The second-order valence-electron chi connectivity index (χ2n) is 3.84. The van der Waals surface area contributed by atoms with Gasteiger partial charge in [0.2, 0.25) is 0 Å². The zero-order valence-corrected chi connectivity index (χ0v) is 10.3. The minimum atomic E-state index is 0.0781. The van der Waals surface area contributed by atoms with Gasteiger partial charge in [0.1, 0.15) is 0 Å². The fraction of sp³-hybridized carbons (Fsp3) is 0.250. The van der Waals surface area contributed by atoms with Crippen molar-refractivity contribution >= 4 is 26.8 Å². The molecular formula is C12H12BrNO. The zero-order chi connectivity index (χ0) is 11.0. The van der Waals surface area contributed by atoms with Gasteiger partial charge in [0, 0.05) is 28.2 Å². The Morgan fingerprint density at radius 3 is 2.67 bits per heavy atom. The summed E-state index contributed by atoms with van der Waals surface area (Å²) in [5, 5.41) is 0.773. The lowest BCUT2D eigenvalue weighted by molar-refractivity contribution is 0.617. The van der Waals surface area contributed by atoms with E-state index in [1.165, 1.54) is 0 Å². The summed E-state index contributed by atoms with van der Waals surface area (Å²) in [7, 11) is 0. The highest BCUT2D eigenvalue weighted by molar-refractivity contribution is 9.10. The minimum absolute atomic E-state index is 0.0781. The Kier molecular flexibility index (Phi) is 2.65. The molecule has 1 heterocycles. The van der Waals surface area contributed by atoms with Crippen LogP contribution in [0.5, 0.6) is 0 Å². The SMILES string of the molecule is CC(C)n1ccc(=O)c2ccc(Br)cc21. The first-order valence-electron chi connectivity index (χ1n) is 4.90. The molecule has 0 saturated heterocycles. The van der Waals surface area contributed by atoms with E-state index in [1.54, 1.807) is 6.07 Å². The van der Waals surface area contributed by atoms with Gasteiger partial charge in [-0.3, -0.25) is 4.79 Å². The van der Waals surface area contributed by atoms with E-state index in [-0.39, 0.29) is 5.43 Å². The molecule has 0 unspecified atom stereocenters. The predicted octanol–water partition coefficient (Wildman–Crippen LogP) is 3.34. The van der Waals surface area contributed by atoms with Gasteiger partial charge in [0.25, 0.3) is 0 Å². The van der Waals surface area contributed by atoms with E-state index in [0.29, 0.717) is 6.04 Å². The van der Waals surface area contributed by atoms with Crippen molar-refractivity contribution in [3.05, 3.63) is 45.2 Å². The molecule has 1 aromatic heterocycles. The van der Waals surface area contributed by atoms with Crippen molar-refractivity contribution in [2.75, 3.05) is 0 Å². The van der Waals surface area contributed by atoms with Crippen molar-refractivity contribution in [3.63, 3.8) is 0 Å². The molecule has 0 spiro atoms. The fourth-order valence-corrected chi connectivity index (χ4v) is 2.04. The standard InChI is InChI=1S/C12H12BrNO/c1-8(2)14-6-5-12(15)10-4-3-9(13)7-11(10)14/h3-8H,1-2H3. The van der Waals surface area contributed by atoms with Gasteiger partial charge in [-0.2, -0.15) is 0 Å². The van der Waals surface area contributed by atoms with Crippen LogP contribution >= 0.6 is 15.9 Å². The van der Waals surface area contributed by atoms with Crippen molar-refractivity contribution in [1.29, 1.82) is 0 Å². The third-order valence-electron chi connectivity index (χ3n) is 2.45. The summed E-state index contributed by atoms with van der Waals surface area (Å²) < 4.78 is 3.09. The summed E-state index contributed by atoms with van der Waals surface area (Å²) in [5.74, 6) is 0. The number of nitrogens with zero attached hydrogens (tertiary/aromatic N) is 1. The Labute approximate surface area is 96.7 Å². The molecule has 0 amide bonds. The van der Waals surface area contributed by atoms with Gasteiger partial charge in [-0.05, 0) is 32.0 Å². The van der Waals surface area contributed by atoms with Gasteiger partial charge in [0.15, 0.2) is 5.43 Å². The topological polar surface area (TPSA) is 22.0 Å². The van der Waals surface area contributed by atoms with Crippen LogP contribution in [0.3, 0.4) is 0 Å². The van der Waals surface area contributed by atoms with E-state index in [0.717, 1.165) is 15.4 Å². The number of pyridine rings is 1. The van der Waals surface area contributed by atoms with Crippen molar-refractivity contribution in [2.45, 2.75) is 19.9 Å². The maximum absolute atomic E-state index is 11.6. The zero-order valence-electron chi connectivity index (χ0n) is 8.70. The van der Waals surface area contributed by atoms with Crippen LogP contribution in [0.2, 0.25) is 0 Å². The average molecular weight is 266 g/mol. The predicted molar refractivity (Wildman–Crippen MR) is 66.3 cm³/mol. The number of fused-ring (bicyclic) bond motifs is 1. The molecule has 1 aromatic carbocycles. The third-order valence-corrected chi connectivity index (χ3v) is 2.94. The summed E-state index contributed by atoms with van der Waals surface area (Å²) in [5.41, 5.74) is 1.06. The molecule has 0 aliphatic rings. The van der Waals surface area contributed by atoms with Crippen LogP contribution in [-0.4, -0.2) is 4.57 Å². The number of rotatable bonds is 1. The lowest BCUT2D eigenvalue weighted by Gasteiger charge is -2.14. The Bertz CT molecular complexity index is 557. The Morgan fingerprint density at radius 2 is 2.00 bits per heavy atom. The average Bonchev–Trinajstić information content (AvgIpc) is 2.17. The van der Waals surface area contributed by atoms with E-state index in [9.17, 15) is 4.79 Å². The van der Waals surface area contributed by atoms with Gasteiger partial charge in [-0.15, -0.1) is 0 Å². The largest absolute Gasteiger partial charge is 0.345 e. The first-order valence-corrected chi connectivity index (χ1v) is 5.69. The fourth-order valence-electron chi connectivity index (χ4n) is 1.70. The van der Waals surface area contributed by atoms with Crippen molar-refractivity contribution in [2.24, 2.45) is 0 Å². The van der Waals surface area contributed by atoms with Gasteiger partial charge < -0.3 is 4.57 Å². The summed E-state index contributed by atoms with van der Waals surface area (Å²) >= 11 is 3.42. The van der Waals surface area contributed by atoms with Crippen LogP contribution in [0, 0.1) is 0 Å². The highest BCUT2D eigenvalue weighted by atomic mass is 79.9. The van der Waals surface area contributed by atoms with Gasteiger partial charge in [-0.25, -0.2) is 0 Å². The van der Waals surface area contributed by atoms with Gasteiger partial charge in [-0.1, -0.05) is 15.9 Å². The summed E-state index contributed by atoms with van der Waals surface area (Å²) in [6.07, 6.45) is 1.85. The van der Waals surface area contributed by atoms with Crippen molar-refractivity contribution in [3.8, 4) is 0 Å². The first kappa shape index (κ1) is 10.4. The molecule has 3 heteroatoms. The Morgan fingerprint density at radius 1 is 1.27 bits per heavy atom. The Balaban J connectivity index is 2.90. The second kappa shape index (κ2) is 3.81. The molecule has 2 aromatic rings. The van der Waals surface area contributed by atoms with Crippen LogP contribution in [0.1, 0.15) is 19.9 Å². The van der Waals surface area contributed by atoms with Crippen LogP contribution < -0.4 is 5.43 Å². The summed E-state index contributed by atoms with van der Waals surface area (Å²) in [4.78, 5) is 11.6. The lowest BCUT2D eigenvalue weighted by atomic mass is 10.2. The van der Waals surface area contributed by atoms with Crippen molar-refractivity contribution < 1.29 is 0 Å². The third kappa shape index (κ3) is 1.84. The molecule has 2 nitrogen and oxygen atoms in total. The van der Waals surface area contributed by atoms with E-state index >= 15 is 0 Å². The number of hydrogen-bond donors (Lipinski definition) is 0. The molecular weight excluding hydrogens is 254 g/mol. The van der Waals surface area contributed by atoms with E-state index < -0.39 is 0 Å². The normalized spacial score (nSPS) is 11.2. The van der Waals surface area contributed by atoms with E-state index in [4.69, 9.17) is 0 Å². The first-order chi connectivity index (χ1) is 7.09. The molecule has 0 atom stereocenters. The maximum atomic E-state index is 11.6. The number of benzene rings is 1. The number of aromatic nitrogens is 1. The number of hydrogen-bond acceptors (Lipinski definition) is 1. The molecule has 2 rings (SSSR count). The van der Waals surface area contributed by atoms with Gasteiger partial charge >= 0.3 is 0 Å². The van der Waals surface area contributed by atoms with Crippen LogP contribution in [0.15, 0.2) is 39.7 Å². The van der Waals surface area contributed by atoms with Crippen LogP contribution in [-0.2, 0) is 0 Å². The maximum Gasteiger partial charge on any atom is 0.189 e. The molecule has 0 saturated carbocycles. The molecule has 0 bridgehead atoms. The highest BCUT2D eigenvalue weighted by Gasteiger charge is 2.05. The van der Waals surface area contributed by atoms with E-state index in [2.05, 4.69) is 34.3 Å². The molecule has 15 heavy (non-hydrogen) atoms. The van der Waals surface area contributed by atoms with Crippen LogP contribution in [0.4, 0.5) is 0 Å². The molecule has 0 aliphatic heterocycles. The second-order valence-corrected chi connectivity index (χ2v) is 4.76. The molecule has 0 fully saturated rings. The van der Waals surface area contributed by atoms with E-state index in [1.807, 2.05) is 24.4 Å². The van der Waals surface area contributed by atoms with Crippen molar-refractivity contribution in [1.82, 2.24) is 4.57 Å². The smallest absolute Gasteiger partial charge is 0.189 e. The molecule has 0 radical (unpaired) electrons. The number of halogens is 1. The highest BCUT2D eigenvalue weighted by Crippen LogP contribution is 2.19. The van der Waals surface area contributed by atoms with Crippen LogP contribution in [0.25, 0.3) is 10.9 Å². The quantitative estimate of drug-likeness (QED) is 0.775. The molecule has 0 N–H and O–H groups in total. The van der Waals surface area contributed by atoms with Gasteiger partial charge in [0.05, 0.1) is 5.52 Å². The summed E-state index contributed by atoms with van der Waals surface area (Å²) in [6.45, 7) is 4.20. The lowest BCUT2D eigenvalue weighted by Crippen LogP contribution is -2.09. The molecule has 78 valence electrons.